The molecule has 0 saturated carbocycles. The van der Waals surface area contributed by atoms with Crippen LogP contribution in [0.3, 0.4) is 0 Å². The summed E-state index contributed by atoms with van der Waals surface area (Å²) in [6.07, 6.45) is 1.45. The number of quaternary nitrogens is 1. The maximum Gasteiger partial charge on any atom is 0.320 e. The number of hydrogen-bond acceptors (Lipinski definition) is 4. The summed E-state index contributed by atoms with van der Waals surface area (Å²) in [7, 11) is 4.08. The van der Waals surface area contributed by atoms with Crippen molar-refractivity contribution in [1.82, 2.24) is 0 Å². The Morgan fingerprint density at radius 1 is 1.11 bits per heavy atom. The van der Waals surface area contributed by atoms with Crippen LogP contribution in [0.15, 0.2) is 72.8 Å². The standard InChI is InChI=1S/C31H34FN2O3/c1-30(2,25-9-6-5-7-10-25)29(35)36-22-34(3,4)18-8-17-31(26-12-14-27(32)15-13-26)28-16-11-23(20-33)19-24(28)21-37-31/h5-7,9-16,19H,8,17-18,21-22H2,1-4H3/q+1. The van der Waals surface area contributed by atoms with E-state index in [2.05, 4.69) is 6.07 Å². The Balaban J connectivity index is 1.46. The average molecular weight is 502 g/mol. The Labute approximate surface area is 218 Å². The molecular weight excluding hydrogens is 467 g/mol. The zero-order valence-corrected chi connectivity index (χ0v) is 22.0. The van der Waals surface area contributed by atoms with Crippen LogP contribution in [0.5, 0.6) is 0 Å². The Hall–Kier alpha value is -3.53. The van der Waals surface area contributed by atoms with E-state index in [0.29, 0.717) is 23.1 Å². The van der Waals surface area contributed by atoms with Crippen molar-refractivity contribution in [2.45, 2.75) is 44.3 Å². The van der Waals surface area contributed by atoms with Gasteiger partial charge in [0.15, 0.2) is 0 Å². The van der Waals surface area contributed by atoms with E-state index in [0.717, 1.165) is 35.2 Å². The van der Waals surface area contributed by atoms with Crippen molar-refractivity contribution < 1.29 is 23.1 Å². The molecule has 0 amide bonds. The highest BCUT2D eigenvalue weighted by atomic mass is 19.1. The molecule has 6 heteroatoms. The minimum Gasteiger partial charge on any atom is -0.414 e. The normalized spacial score (nSPS) is 17.2. The second kappa shape index (κ2) is 10.5. The fraction of sp³-hybridized carbons (Fsp3) is 0.355. The number of fused-ring (bicyclic) bond motifs is 1. The number of rotatable bonds is 9. The van der Waals surface area contributed by atoms with Crippen molar-refractivity contribution in [1.29, 1.82) is 5.26 Å². The van der Waals surface area contributed by atoms with Crippen molar-refractivity contribution in [2.24, 2.45) is 0 Å². The van der Waals surface area contributed by atoms with E-state index in [4.69, 9.17) is 9.47 Å². The van der Waals surface area contributed by atoms with E-state index < -0.39 is 11.0 Å². The molecule has 0 N–H and O–H groups in total. The summed E-state index contributed by atoms with van der Waals surface area (Å²) in [4.78, 5) is 12.9. The van der Waals surface area contributed by atoms with Gasteiger partial charge in [0.25, 0.3) is 0 Å². The fourth-order valence-electron chi connectivity index (χ4n) is 4.97. The molecule has 1 unspecified atom stereocenters. The predicted molar refractivity (Wildman–Crippen MR) is 140 cm³/mol. The highest BCUT2D eigenvalue weighted by Gasteiger charge is 2.42. The lowest BCUT2D eigenvalue weighted by atomic mass is 9.81. The minimum atomic E-state index is -0.739. The first-order chi connectivity index (χ1) is 17.6. The maximum absolute atomic E-state index is 13.7. The van der Waals surface area contributed by atoms with Gasteiger partial charge in [-0.15, -0.1) is 0 Å². The van der Waals surface area contributed by atoms with Crippen LogP contribution in [0.1, 0.15) is 54.5 Å². The predicted octanol–water partition coefficient (Wildman–Crippen LogP) is 5.81. The number of hydrogen-bond donors (Lipinski definition) is 0. The molecule has 0 bridgehead atoms. The van der Waals surface area contributed by atoms with Crippen molar-refractivity contribution in [2.75, 3.05) is 27.4 Å². The zero-order chi connectivity index (χ0) is 26.7. The SMILES string of the molecule is CC(C)(C(=O)OC[N+](C)(C)CCCC1(c2ccc(F)cc2)OCc2cc(C#N)ccc21)c1ccccc1. The third kappa shape index (κ3) is 5.58. The van der Waals surface area contributed by atoms with Gasteiger partial charge in [-0.1, -0.05) is 48.5 Å². The van der Waals surface area contributed by atoms with Gasteiger partial charge in [0.2, 0.25) is 6.73 Å². The molecule has 1 heterocycles. The van der Waals surface area contributed by atoms with Crippen molar-refractivity contribution >= 4 is 5.97 Å². The van der Waals surface area contributed by atoms with Crippen LogP contribution in [0.4, 0.5) is 4.39 Å². The molecule has 37 heavy (non-hydrogen) atoms. The quantitative estimate of drug-likeness (QED) is 0.211. The third-order valence-corrected chi connectivity index (χ3v) is 7.30. The molecule has 3 aromatic rings. The molecule has 0 saturated heterocycles. The van der Waals surface area contributed by atoms with Crippen LogP contribution in [0, 0.1) is 17.1 Å². The first kappa shape index (κ1) is 26.5. The van der Waals surface area contributed by atoms with Gasteiger partial charge in [0.1, 0.15) is 11.4 Å². The smallest absolute Gasteiger partial charge is 0.320 e. The lowest BCUT2D eigenvalue weighted by Crippen LogP contribution is -2.45. The maximum atomic E-state index is 13.7. The van der Waals surface area contributed by atoms with Gasteiger partial charge in [0.05, 0.1) is 44.3 Å². The average Bonchev–Trinajstić information content (AvgIpc) is 3.26. The molecule has 0 spiro atoms. The first-order valence-electron chi connectivity index (χ1n) is 12.6. The number of esters is 1. The summed E-state index contributed by atoms with van der Waals surface area (Å²) in [5, 5.41) is 9.31. The van der Waals surface area contributed by atoms with Gasteiger partial charge >= 0.3 is 5.97 Å². The Kier molecular flexibility index (Phi) is 7.49. The van der Waals surface area contributed by atoms with Crippen molar-refractivity contribution in [3.05, 3.63) is 106 Å². The van der Waals surface area contributed by atoms with Crippen LogP contribution < -0.4 is 0 Å². The van der Waals surface area contributed by atoms with Gasteiger partial charge in [-0.05, 0) is 66.8 Å². The highest BCUT2D eigenvalue weighted by Crippen LogP contribution is 2.45. The number of benzene rings is 3. The summed E-state index contributed by atoms with van der Waals surface area (Å²) in [6.45, 7) is 5.15. The summed E-state index contributed by atoms with van der Waals surface area (Å²) < 4.78 is 26.4. The number of halogens is 1. The molecule has 192 valence electrons. The fourth-order valence-corrected chi connectivity index (χ4v) is 4.97. The lowest BCUT2D eigenvalue weighted by molar-refractivity contribution is -0.907. The largest absolute Gasteiger partial charge is 0.414 e. The second-order valence-corrected chi connectivity index (χ2v) is 10.9. The Morgan fingerprint density at radius 2 is 1.81 bits per heavy atom. The molecule has 1 atom stereocenters. The molecule has 0 radical (unpaired) electrons. The van der Waals surface area contributed by atoms with Gasteiger partial charge < -0.3 is 9.47 Å². The molecule has 1 aliphatic rings. The van der Waals surface area contributed by atoms with E-state index in [1.165, 1.54) is 12.1 Å². The molecule has 5 nitrogen and oxygen atoms in total. The molecule has 4 rings (SSSR count). The Morgan fingerprint density at radius 3 is 2.49 bits per heavy atom. The molecule has 3 aromatic carbocycles. The Bertz CT molecular complexity index is 1300. The monoisotopic (exact) mass is 501 g/mol. The van der Waals surface area contributed by atoms with Gasteiger partial charge in [-0.3, -0.25) is 9.28 Å². The van der Waals surface area contributed by atoms with Crippen LogP contribution in [-0.2, 0) is 31.9 Å². The van der Waals surface area contributed by atoms with Gasteiger partial charge in [-0.25, -0.2) is 4.39 Å². The van der Waals surface area contributed by atoms with Crippen molar-refractivity contribution in [3.8, 4) is 6.07 Å². The van der Waals surface area contributed by atoms with E-state index >= 15 is 0 Å². The number of nitrogens with zero attached hydrogens (tertiary/aromatic N) is 2. The third-order valence-electron chi connectivity index (χ3n) is 7.30. The van der Waals surface area contributed by atoms with Gasteiger partial charge in [-0.2, -0.15) is 5.26 Å². The van der Waals surface area contributed by atoms with Crippen LogP contribution >= 0.6 is 0 Å². The van der Waals surface area contributed by atoms with E-state index in [-0.39, 0.29) is 18.5 Å². The van der Waals surface area contributed by atoms with E-state index in [9.17, 15) is 14.4 Å². The molecule has 0 fully saturated rings. The lowest BCUT2D eigenvalue weighted by Gasteiger charge is -2.34. The first-order valence-corrected chi connectivity index (χ1v) is 12.6. The van der Waals surface area contributed by atoms with Crippen LogP contribution in [0.25, 0.3) is 0 Å². The van der Waals surface area contributed by atoms with E-state index in [1.54, 1.807) is 18.2 Å². The molecular formula is C31H34FN2O3+. The van der Waals surface area contributed by atoms with Crippen LogP contribution in [-0.4, -0.2) is 37.8 Å². The van der Waals surface area contributed by atoms with Crippen LogP contribution in [0.2, 0.25) is 0 Å². The second-order valence-electron chi connectivity index (χ2n) is 10.9. The minimum absolute atomic E-state index is 0.252. The molecule has 0 aliphatic carbocycles. The molecule has 0 aromatic heterocycles. The summed E-state index contributed by atoms with van der Waals surface area (Å²) in [6, 6.07) is 23.9. The number of nitriles is 1. The van der Waals surface area contributed by atoms with Gasteiger partial charge in [0, 0.05) is 6.42 Å². The number of ether oxygens (including phenoxy) is 2. The summed E-state index contributed by atoms with van der Waals surface area (Å²) >= 11 is 0. The summed E-state index contributed by atoms with van der Waals surface area (Å²) in [5.41, 5.74) is 2.94. The topological polar surface area (TPSA) is 59.3 Å². The number of carbonyl (C=O) groups is 1. The summed E-state index contributed by atoms with van der Waals surface area (Å²) in [5.74, 6) is -0.552. The zero-order valence-electron chi connectivity index (χ0n) is 22.0. The highest BCUT2D eigenvalue weighted by molar-refractivity contribution is 5.82. The molecule has 1 aliphatic heterocycles. The number of carbonyl (C=O) groups excluding carboxylic acids is 1. The van der Waals surface area contributed by atoms with E-state index in [1.807, 2.05) is 70.4 Å². The van der Waals surface area contributed by atoms with Crippen molar-refractivity contribution in [3.63, 3.8) is 0 Å².